The largest absolute Gasteiger partial charge is 0.496 e. The van der Waals surface area contributed by atoms with Gasteiger partial charge < -0.3 is 9.47 Å². The zero-order chi connectivity index (χ0) is 20.9. The molecule has 3 aromatic carbocycles. The summed E-state index contributed by atoms with van der Waals surface area (Å²) in [6, 6.07) is 19.5. The number of hydrazone groups is 1. The van der Waals surface area contributed by atoms with Crippen LogP contribution in [-0.4, -0.2) is 25.8 Å². The Morgan fingerprint density at radius 2 is 1.69 bits per heavy atom. The van der Waals surface area contributed by atoms with Crippen LogP contribution >= 0.6 is 0 Å². The standard InChI is InChI=1S/C24H26N2O3/c1-24(2,3)18-10-12-19(13-11-18)29-16-23(27)26-25-15-17-9-14-22(28-4)21-8-6-5-7-20(17)21/h5-15H,16H2,1-4H3,(H,26,27). The molecule has 3 aromatic rings. The Morgan fingerprint density at radius 1 is 1.00 bits per heavy atom. The predicted molar refractivity (Wildman–Crippen MR) is 117 cm³/mol. The van der Waals surface area contributed by atoms with Gasteiger partial charge in [0.2, 0.25) is 0 Å². The van der Waals surface area contributed by atoms with E-state index in [9.17, 15) is 4.79 Å². The molecule has 0 unspecified atom stereocenters. The number of hydrogen-bond acceptors (Lipinski definition) is 4. The molecule has 0 fully saturated rings. The molecule has 3 rings (SSSR count). The van der Waals surface area contributed by atoms with Crippen LogP contribution in [0.15, 0.2) is 65.8 Å². The Bertz CT molecular complexity index is 1020. The van der Waals surface area contributed by atoms with E-state index < -0.39 is 0 Å². The number of carbonyl (C=O) groups excluding carboxylic acids is 1. The van der Waals surface area contributed by atoms with Crippen LogP contribution < -0.4 is 14.9 Å². The smallest absolute Gasteiger partial charge is 0.277 e. The number of carbonyl (C=O) groups is 1. The molecule has 0 bridgehead atoms. The van der Waals surface area contributed by atoms with Crippen molar-refractivity contribution in [3.8, 4) is 11.5 Å². The predicted octanol–water partition coefficient (Wildman–Crippen LogP) is 4.68. The van der Waals surface area contributed by atoms with Crippen LogP contribution in [0.4, 0.5) is 0 Å². The lowest BCUT2D eigenvalue weighted by Gasteiger charge is -2.19. The lowest BCUT2D eigenvalue weighted by atomic mass is 9.87. The molecule has 29 heavy (non-hydrogen) atoms. The molecule has 0 saturated heterocycles. The minimum absolute atomic E-state index is 0.0796. The molecule has 5 nitrogen and oxygen atoms in total. The molecule has 1 amide bonds. The van der Waals surface area contributed by atoms with Crippen LogP contribution in [0.5, 0.6) is 11.5 Å². The minimum atomic E-state index is -0.320. The van der Waals surface area contributed by atoms with Crippen molar-refractivity contribution in [2.24, 2.45) is 5.10 Å². The van der Waals surface area contributed by atoms with Gasteiger partial charge >= 0.3 is 0 Å². The fourth-order valence-electron chi connectivity index (χ4n) is 2.99. The van der Waals surface area contributed by atoms with Crippen molar-refractivity contribution in [3.63, 3.8) is 0 Å². The molecule has 0 aliphatic rings. The molecular formula is C24H26N2O3. The van der Waals surface area contributed by atoms with Gasteiger partial charge in [0.15, 0.2) is 6.61 Å². The van der Waals surface area contributed by atoms with Gasteiger partial charge in [-0.1, -0.05) is 57.2 Å². The number of nitrogens with zero attached hydrogens (tertiary/aromatic N) is 1. The van der Waals surface area contributed by atoms with Crippen LogP contribution in [-0.2, 0) is 10.2 Å². The highest BCUT2D eigenvalue weighted by molar-refractivity contribution is 6.02. The molecule has 0 heterocycles. The molecule has 0 aromatic heterocycles. The molecule has 5 heteroatoms. The van der Waals surface area contributed by atoms with Gasteiger partial charge in [-0.2, -0.15) is 5.10 Å². The summed E-state index contributed by atoms with van der Waals surface area (Å²) in [5, 5.41) is 6.05. The van der Waals surface area contributed by atoms with Gasteiger partial charge in [0.05, 0.1) is 13.3 Å². The molecule has 0 atom stereocenters. The summed E-state index contributed by atoms with van der Waals surface area (Å²) >= 11 is 0. The van der Waals surface area contributed by atoms with Crippen molar-refractivity contribution in [1.82, 2.24) is 5.43 Å². The first-order chi connectivity index (χ1) is 13.9. The first kappa shape index (κ1) is 20.4. The number of nitrogens with one attached hydrogen (secondary N) is 1. The van der Waals surface area contributed by atoms with Crippen molar-refractivity contribution in [1.29, 1.82) is 0 Å². The monoisotopic (exact) mass is 390 g/mol. The quantitative estimate of drug-likeness (QED) is 0.491. The first-order valence-electron chi connectivity index (χ1n) is 9.49. The fourth-order valence-corrected chi connectivity index (χ4v) is 2.99. The highest BCUT2D eigenvalue weighted by Crippen LogP contribution is 2.27. The van der Waals surface area contributed by atoms with Crippen molar-refractivity contribution >= 4 is 22.9 Å². The van der Waals surface area contributed by atoms with E-state index in [-0.39, 0.29) is 17.9 Å². The first-order valence-corrected chi connectivity index (χ1v) is 9.49. The number of hydrogen-bond donors (Lipinski definition) is 1. The van der Waals surface area contributed by atoms with Crippen molar-refractivity contribution in [3.05, 3.63) is 71.8 Å². The summed E-state index contributed by atoms with van der Waals surface area (Å²) in [4.78, 5) is 12.0. The Morgan fingerprint density at radius 3 is 2.34 bits per heavy atom. The number of fused-ring (bicyclic) bond motifs is 1. The summed E-state index contributed by atoms with van der Waals surface area (Å²) in [6.45, 7) is 6.36. The maximum Gasteiger partial charge on any atom is 0.277 e. The summed E-state index contributed by atoms with van der Waals surface area (Å²) < 4.78 is 10.9. The Kier molecular flexibility index (Phi) is 6.17. The fraction of sp³-hybridized carbons (Fsp3) is 0.250. The number of ether oxygens (including phenoxy) is 2. The number of methoxy groups -OCH3 is 1. The van der Waals surface area contributed by atoms with E-state index in [0.717, 1.165) is 22.1 Å². The van der Waals surface area contributed by atoms with E-state index in [1.165, 1.54) is 5.56 Å². The average Bonchev–Trinajstić information content (AvgIpc) is 2.72. The average molecular weight is 390 g/mol. The van der Waals surface area contributed by atoms with E-state index in [2.05, 4.69) is 31.3 Å². The van der Waals surface area contributed by atoms with Gasteiger partial charge in [-0.15, -0.1) is 0 Å². The molecule has 0 radical (unpaired) electrons. The number of benzene rings is 3. The summed E-state index contributed by atoms with van der Waals surface area (Å²) in [6.07, 6.45) is 1.62. The van der Waals surface area contributed by atoms with Crippen LogP contribution in [0, 0.1) is 0 Å². The van der Waals surface area contributed by atoms with Crippen LogP contribution in [0.25, 0.3) is 10.8 Å². The maximum atomic E-state index is 12.0. The number of rotatable bonds is 6. The van der Waals surface area contributed by atoms with Gasteiger partial charge in [0, 0.05) is 10.9 Å². The highest BCUT2D eigenvalue weighted by atomic mass is 16.5. The second-order valence-corrected chi connectivity index (χ2v) is 7.76. The van der Waals surface area contributed by atoms with Crippen molar-refractivity contribution < 1.29 is 14.3 Å². The zero-order valence-corrected chi connectivity index (χ0v) is 17.2. The molecule has 150 valence electrons. The summed E-state index contributed by atoms with van der Waals surface area (Å²) in [5.41, 5.74) is 4.69. The van der Waals surface area contributed by atoms with Gasteiger partial charge in [-0.05, 0) is 40.6 Å². The SMILES string of the molecule is COc1ccc(C=NNC(=O)COc2ccc(C(C)(C)C)cc2)c2ccccc12. The van der Waals surface area contributed by atoms with Gasteiger partial charge in [-0.25, -0.2) is 5.43 Å². The summed E-state index contributed by atoms with van der Waals surface area (Å²) in [7, 11) is 1.65. The second-order valence-electron chi connectivity index (χ2n) is 7.76. The van der Waals surface area contributed by atoms with E-state index >= 15 is 0 Å². The molecule has 1 N–H and O–H groups in total. The topological polar surface area (TPSA) is 59.9 Å². The van der Waals surface area contributed by atoms with Crippen LogP contribution in [0.1, 0.15) is 31.9 Å². The third-order valence-corrected chi connectivity index (χ3v) is 4.62. The van der Waals surface area contributed by atoms with Gasteiger partial charge in [0.25, 0.3) is 5.91 Å². The van der Waals surface area contributed by atoms with E-state index in [0.29, 0.717) is 5.75 Å². The molecule has 0 saturated carbocycles. The lowest BCUT2D eigenvalue weighted by Crippen LogP contribution is -2.24. The van der Waals surface area contributed by atoms with Crippen LogP contribution in [0.3, 0.4) is 0 Å². The van der Waals surface area contributed by atoms with Crippen molar-refractivity contribution in [2.75, 3.05) is 13.7 Å². The maximum absolute atomic E-state index is 12.0. The lowest BCUT2D eigenvalue weighted by molar-refractivity contribution is -0.123. The zero-order valence-electron chi connectivity index (χ0n) is 17.2. The minimum Gasteiger partial charge on any atom is -0.496 e. The van der Waals surface area contributed by atoms with E-state index in [4.69, 9.17) is 9.47 Å². The van der Waals surface area contributed by atoms with Crippen molar-refractivity contribution in [2.45, 2.75) is 26.2 Å². The Hall–Kier alpha value is -3.34. The molecular weight excluding hydrogens is 364 g/mol. The van der Waals surface area contributed by atoms with Gasteiger partial charge in [0.1, 0.15) is 11.5 Å². The third kappa shape index (κ3) is 5.13. The highest BCUT2D eigenvalue weighted by Gasteiger charge is 2.13. The molecule has 0 aliphatic heterocycles. The summed E-state index contributed by atoms with van der Waals surface area (Å²) in [5.74, 6) is 1.13. The Balaban J connectivity index is 1.58. The molecule has 0 aliphatic carbocycles. The number of amides is 1. The normalized spacial score (nSPS) is 11.6. The van der Waals surface area contributed by atoms with Gasteiger partial charge in [-0.3, -0.25) is 4.79 Å². The van der Waals surface area contributed by atoms with E-state index in [1.807, 2.05) is 60.7 Å². The second kappa shape index (κ2) is 8.78. The van der Waals surface area contributed by atoms with E-state index in [1.54, 1.807) is 13.3 Å². The third-order valence-electron chi connectivity index (χ3n) is 4.62. The van der Waals surface area contributed by atoms with Crippen LogP contribution in [0.2, 0.25) is 0 Å². The molecule has 0 spiro atoms. The Labute approximate surface area is 171 Å².